The standard InChI is InChI=1S/C28H35N5O3/c1-30(2)24-12-10-23(11-13-24)9-6-17-31-19-15-28(16-20-31)26(35)32(21-25(29)34)27(36)33(28)18-14-22-7-4-3-5-8-22/h3-13H,14-21H2,1-2H3,(H2,29,34)/b9-6+. The lowest BCUT2D eigenvalue weighted by molar-refractivity contribution is -0.137. The lowest BCUT2D eigenvalue weighted by Crippen LogP contribution is -2.57. The number of carbonyl (C=O) groups excluding carboxylic acids is 3. The van der Waals surface area contributed by atoms with Crippen LogP contribution in [0.5, 0.6) is 0 Å². The minimum atomic E-state index is -0.913. The molecular formula is C28H35N5O3. The van der Waals surface area contributed by atoms with Crippen molar-refractivity contribution in [2.24, 2.45) is 5.73 Å². The average molecular weight is 490 g/mol. The van der Waals surface area contributed by atoms with E-state index in [2.05, 4.69) is 46.2 Å². The third-order valence-electron chi connectivity index (χ3n) is 7.17. The summed E-state index contributed by atoms with van der Waals surface area (Å²) in [6.45, 7) is 2.19. The Morgan fingerprint density at radius 2 is 1.69 bits per heavy atom. The van der Waals surface area contributed by atoms with Gasteiger partial charge >= 0.3 is 6.03 Å². The van der Waals surface area contributed by atoms with Gasteiger partial charge in [-0.2, -0.15) is 0 Å². The number of likely N-dealkylation sites (tertiary alicyclic amines) is 1. The maximum absolute atomic E-state index is 13.5. The summed E-state index contributed by atoms with van der Waals surface area (Å²) in [6.07, 6.45) is 5.96. The van der Waals surface area contributed by atoms with Crippen molar-refractivity contribution in [3.05, 3.63) is 71.8 Å². The molecule has 2 aromatic carbocycles. The molecule has 1 spiro atoms. The third-order valence-corrected chi connectivity index (χ3v) is 7.17. The van der Waals surface area contributed by atoms with Crippen LogP contribution in [0.15, 0.2) is 60.7 Å². The maximum Gasteiger partial charge on any atom is 0.328 e. The third kappa shape index (κ3) is 5.44. The van der Waals surface area contributed by atoms with Crippen molar-refractivity contribution in [2.45, 2.75) is 24.8 Å². The van der Waals surface area contributed by atoms with Crippen LogP contribution in [0.25, 0.3) is 6.08 Å². The normalized spacial score (nSPS) is 17.9. The van der Waals surface area contributed by atoms with Crippen molar-refractivity contribution in [3.63, 3.8) is 0 Å². The van der Waals surface area contributed by atoms with E-state index in [4.69, 9.17) is 5.73 Å². The van der Waals surface area contributed by atoms with Crippen molar-refractivity contribution in [1.29, 1.82) is 0 Å². The minimum absolute atomic E-state index is 0.296. The van der Waals surface area contributed by atoms with E-state index in [1.54, 1.807) is 4.90 Å². The monoisotopic (exact) mass is 489 g/mol. The van der Waals surface area contributed by atoms with Gasteiger partial charge in [0.2, 0.25) is 5.91 Å². The molecule has 0 aromatic heterocycles. The second-order valence-corrected chi connectivity index (χ2v) is 9.75. The zero-order valence-electron chi connectivity index (χ0n) is 21.1. The molecule has 0 unspecified atom stereocenters. The Kier molecular flexibility index (Phi) is 7.74. The summed E-state index contributed by atoms with van der Waals surface area (Å²) in [5.74, 6) is -0.978. The molecule has 2 heterocycles. The fourth-order valence-electron chi connectivity index (χ4n) is 5.08. The van der Waals surface area contributed by atoms with E-state index < -0.39 is 17.5 Å². The molecule has 8 heteroatoms. The predicted molar refractivity (Wildman–Crippen MR) is 141 cm³/mol. The van der Waals surface area contributed by atoms with Crippen LogP contribution in [0.1, 0.15) is 24.0 Å². The number of carbonyl (C=O) groups is 3. The van der Waals surface area contributed by atoms with Gasteiger partial charge in [0.05, 0.1) is 0 Å². The number of amides is 4. The molecule has 0 bridgehead atoms. The zero-order valence-corrected chi connectivity index (χ0v) is 21.1. The number of hydrogen-bond acceptors (Lipinski definition) is 5. The number of urea groups is 1. The van der Waals surface area contributed by atoms with Crippen LogP contribution in [0.2, 0.25) is 0 Å². The van der Waals surface area contributed by atoms with Gasteiger partial charge in [-0.3, -0.25) is 19.4 Å². The van der Waals surface area contributed by atoms with Gasteiger partial charge in [0.1, 0.15) is 12.1 Å². The Bertz CT molecular complexity index is 1110. The second kappa shape index (κ2) is 11.0. The first-order chi connectivity index (χ1) is 17.3. The van der Waals surface area contributed by atoms with Crippen LogP contribution in [0, 0.1) is 0 Å². The molecule has 36 heavy (non-hydrogen) atoms. The van der Waals surface area contributed by atoms with E-state index in [1.165, 1.54) is 0 Å². The average Bonchev–Trinajstić information content (AvgIpc) is 3.05. The van der Waals surface area contributed by atoms with Gasteiger partial charge in [0.15, 0.2) is 0 Å². The molecule has 2 aromatic rings. The van der Waals surface area contributed by atoms with E-state index in [9.17, 15) is 14.4 Å². The van der Waals surface area contributed by atoms with Crippen LogP contribution >= 0.6 is 0 Å². The topological polar surface area (TPSA) is 90.2 Å². The first-order valence-electron chi connectivity index (χ1n) is 12.4. The van der Waals surface area contributed by atoms with Crippen LogP contribution in [0.3, 0.4) is 0 Å². The molecule has 0 atom stereocenters. The van der Waals surface area contributed by atoms with E-state index in [-0.39, 0.29) is 12.5 Å². The second-order valence-electron chi connectivity index (χ2n) is 9.75. The SMILES string of the molecule is CN(C)c1ccc(/C=C/CN2CCC3(CC2)C(=O)N(CC(N)=O)C(=O)N3CCc2ccccc2)cc1. The van der Waals surface area contributed by atoms with Crippen LogP contribution < -0.4 is 10.6 Å². The molecule has 2 aliphatic heterocycles. The summed E-state index contributed by atoms with van der Waals surface area (Å²) in [4.78, 5) is 45.3. The maximum atomic E-state index is 13.5. The van der Waals surface area contributed by atoms with Crippen LogP contribution in [-0.2, 0) is 16.0 Å². The fraction of sp³-hybridized carbons (Fsp3) is 0.393. The van der Waals surface area contributed by atoms with Crippen molar-refractivity contribution in [3.8, 4) is 0 Å². The van der Waals surface area contributed by atoms with Gasteiger partial charge in [-0.1, -0.05) is 54.6 Å². The van der Waals surface area contributed by atoms with E-state index >= 15 is 0 Å². The molecule has 0 aliphatic carbocycles. The highest BCUT2D eigenvalue weighted by Crippen LogP contribution is 2.37. The molecule has 190 valence electrons. The highest BCUT2D eigenvalue weighted by molar-refractivity contribution is 6.09. The smallest absolute Gasteiger partial charge is 0.328 e. The lowest BCUT2D eigenvalue weighted by atomic mass is 9.85. The summed E-state index contributed by atoms with van der Waals surface area (Å²) >= 11 is 0. The zero-order chi connectivity index (χ0) is 25.7. The van der Waals surface area contributed by atoms with Gasteiger partial charge in [0, 0.05) is 46.0 Å². The lowest BCUT2D eigenvalue weighted by Gasteiger charge is -2.42. The number of nitrogens with two attached hydrogens (primary N) is 1. The first-order valence-corrected chi connectivity index (χ1v) is 12.4. The van der Waals surface area contributed by atoms with Crippen LogP contribution in [0.4, 0.5) is 10.5 Å². The Hall–Kier alpha value is -3.65. The molecule has 0 saturated carbocycles. The number of primary amides is 1. The van der Waals surface area contributed by atoms with Crippen molar-refractivity contribution in [1.82, 2.24) is 14.7 Å². The minimum Gasteiger partial charge on any atom is -0.378 e. The quantitative estimate of drug-likeness (QED) is 0.547. The first kappa shape index (κ1) is 25.4. The van der Waals surface area contributed by atoms with E-state index in [0.29, 0.717) is 38.9 Å². The van der Waals surface area contributed by atoms with Gasteiger partial charge in [-0.05, 0) is 42.5 Å². The van der Waals surface area contributed by atoms with Gasteiger partial charge in [-0.15, -0.1) is 0 Å². The van der Waals surface area contributed by atoms with Gasteiger partial charge in [0.25, 0.3) is 5.91 Å². The summed E-state index contributed by atoms with van der Waals surface area (Å²) in [5, 5.41) is 0. The summed E-state index contributed by atoms with van der Waals surface area (Å²) < 4.78 is 0. The largest absolute Gasteiger partial charge is 0.378 e. The number of anilines is 1. The fourth-order valence-corrected chi connectivity index (χ4v) is 5.08. The molecular weight excluding hydrogens is 454 g/mol. The van der Waals surface area contributed by atoms with Crippen molar-refractivity contribution in [2.75, 3.05) is 51.7 Å². The molecule has 2 N–H and O–H groups in total. The Morgan fingerprint density at radius 1 is 1.03 bits per heavy atom. The molecule has 2 aliphatic rings. The van der Waals surface area contributed by atoms with Crippen molar-refractivity contribution < 1.29 is 14.4 Å². The number of rotatable bonds is 9. The summed E-state index contributed by atoms with van der Waals surface area (Å²) in [6, 6.07) is 17.9. The number of hydrogen-bond donors (Lipinski definition) is 1. The Labute approximate surface area is 212 Å². The van der Waals surface area contributed by atoms with Gasteiger partial charge < -0.3 is 15.5 Å². The highest BCUT2D eigenvalue weighted by Gasteiger charge is 2.57. The molecule has 8 nitrogen and oxygen atoms in total. The number of benzene rings is 2. The number of piperidine rings is 1. The molecule has 0 radical (unpaired) electrons. The van der Waals surface area contributed by atoms with Crippen LogP contribution in [-0.4, -0.2) is 84.9 Å². The van der Waals surface area contributed by atoms with Crippen molar-refractivity contribution >= 4 is 29.6 Å². The highest BCUT2D eigenvalue weighted by atomic mass is 16.2. The summed E-state index contributed by atoms with van der Waals surface area (Å²) in [7, 11) is 4.04. The Balaban J connectivity index is 1.41. The number of nitrogens with zero attached hydrogens (tertiary/aromatic N) is 4. The molecule has 4 amide bonds. The van der Waals surface area contributed by atoms with E-state index in [1.807, 2.05) is 44.4 Å². The molecule has 2 saturated heterocycles. The molecule has 2 fully saturated rings. The predicted octanol–water partition coefficient (Wildman–Crippen LogP) is 2.59. The van der Waals surface area contributed by atoms with Gasteiger partial charge in [-0.25, -0.2) is 4.79 Å². The molecule has 4 rings (SSSR count). The van der Waals surface area contributed by atoms with E-state index in [0.717, 1.165) is 28.3 Å². The summed E-state index contributed by atoms with van der Waals surface area (Å²) in [5.41, 5.74) is 7.84. The Morgan fingerprint density at radius 3 is 2.31 bits per heavy atom. The number of imide groups is 1.